The first-order valence-corrected chi connectivity index (χ1v) is 9.90. The van der Waals surface area contributed by atoms with Crippen LogP contribution in [0.4, 0.5) is 0 Å². The van der Waals surface area contributed by atoms with Gasteiger partial charge in [0.25, 0.3) is 0 Å². The molecule has 2 fully saturated rings. The SMILES string of the molecule is COc1cc(CN2CCN([C@@H]3CCC[C@@H](C)C3)CC2)cc(OC)c1OC. The van der Waals surface area contributed by atoms with Crippen LogP contribution in [0.25, 0.3) is 0 Å². The summed E-state index contributed by atoms with van der Waals surface area (Å²) < 4.78 is 16.4. The molecule has 5 nitrogen and oxygen atoms in total. The zero-order valence-corrected chi connectivity index (χ0v) is 16.8. The Morgan fingerprint density at radius 2 is 1.58 bits per heavy atom. The standard InChI is InChI=1S/C21H34N2O3/c1-16-6-5-7-18(12-16)23-10-8-22(9-11-23)15-17-13-19(24-2)21(26-4)20(14-17)25-3/h13-14,16,18H,5-12,15H2,1-4H3/t16-,18-/m1/s1. The van der Waals surface area contributed by atoms with E-state index in [2.05, 4.69) is 28.9 Å². The fourth-order valence-corrected chi connectivity index (χ4v) is 4.51. The number of nitrogens with zero attached hydrogens (tertiary/aromatic N) is 2. The van der Waals surface area contributed by atoms with Gasteiger partial charge in [-0.3, -0.25) is 9.80 Å². The summed E-state index contributed by atoms with van der Waals surface area (Å²) in [5.41, 5.74) is 1.21. The van der Waals surface area contributed by atoms with E-state index < -0.39 is 0 Å². The molecule has 2 atom stereocenters. The molecule has 1 aromatic rings. The number of hydrogen-bond donors (Lipinski definition) is 0. The van der Waals surface area contributed by atoms with Crippen molar-refractivity contribution < 1.29 is 14.2 Å². The van der Waals surface area contributed by atoms with Crippen LogP contribution in [0.1, 0.15) is 38.2 Å². The Morgan fingerprint density at radius 1 is 0.923 bits per heavy atom. The first kappa shape index (κ1) is 19.3. The van der Waals surface area contributed by atoms with Crippen molar-refractivity contribution in [2.75, 3.05) is 47.5 Å². The molecule has 1 saturated carbocycles. The lowest BCUT2D eigenvalue weighted by molar-refractivity contribution is 0.0658. The van der Waals surface area contributed by atoms with Crippen molar-refractivity contribution in [2.45, 2.75) is 45.2 Å². The summed E-state index contributed by atoms with van der Waals surface area (Å²) in [4.78, 5) is 5.25. The van der Waals surface area contributed by atoms with E-state index in [-0.39, 0.29) is 0 Å². The molecule has 1 heterocycles. The lowest BCUT2D eigenvalue weighted by Crippen LogP contribution is -2.50. The van der Waals surface area contributed by atoms with Crippen LogP contribution in [0.15, 0.2) is 12.1 Å². The van der Waals surface area contributed by atoms with Crippen LogP contribution in [-0.4, -0.2) is 63.4 Å². The lowest BCUT2D eigenvalue weighted by atomic mass is 9.86. The fourth-order valence-electron chi connectivity index (χ4n) is 4.51. The van der Waals surface area contributed by atoms with Crippen LogP contribution < -0.4 is 14.2 Å². The predicted molar refractivity (Wildman–Crippen MR) is 104 cm³/mol. The van der Waals surface area contributed by atoms with Crippen molar-refractivity contribution in [3.8, 4) is 17.2 Å². The van der Waals surface area contributed by atoms with E-state index in [1.54, 1.807) is 21.3 Å². The third-order valence-corrected chi connectivity index (χ3v) is 5.96. The predicted octanol–water partition coefficient (Wildman–Crippen LogP) is 3.41. The smallest absolute Gasteiger partial charge is 0.203 e. The quantitative estimate of drug-likeness (QED) is 0.775. The molecular weight excluding hydrogens is 328 g/mol. The molecule has 0 radical (unpaired) electrons. The molecule has 26 heavy (non-hydrogen) atoms. The molecule has 2 aliphatic rings. The van der Waals surface area contributed by atoms with Gasteiger partial charge < -0.3 is 14.2 Å². The van der Waals surface area contributed by atoms with Crippen molar-refractivity contribution in [3.05, 3.63) is 17.7 Å². The molecule has 146 valence electrons. The Bertz CT molecular complexity index is 560. The van der Waals surface area contributed by atoms with Crippen LogP contribution in [0, 0.1) is 5.92 Å². The zero-order chi connectivity index (χ0) is 18.5. The van der Waals surface area contributed by atoms with Gasteiger partial charge >= 0.3 is 0 Å². The average Bonchev–Trinajstić information content (AvgIpc) is 2.67. The topological polar surface area (TPSA) is 34.2 Å². The minimum Gasteiger partial charge on any atom is -0.493 e. The first-order chi connectivity index (χ1) is 12.6. The van der Waals surface area contributed by atoms with E-state index in [4.69, 9.17) is 14.2 Å². The maximum atomic E-state index is 5.48. The van der Waals surface area contributed by atoms with Gasteiger partial charge in [-0.2, -0.15) is 0 Å². The van der Waals surface area contributed by atoms with Crippen LogP contribution in [-0.2, 0) is 6.54 Å². The second-order valence-electron chi connectivity index (χ2n) is 7.77. The van der Waals surface area contributed by atoms with Gasteiger partial charge in [0.15, 0.2) is 11.5 Å². The number of rotatable bonds is 6. The third kappa shape index (κ3) is 4.44. The Labute approximate surface area is 158 Å². The van der Waals surface area contributed by atoms with Crippen LogP contribution in [0.3, 0.4) is 0 Å². The Balaban J connectivity index is 1.59. The van der Waals surface area contributed by atoms with Crippen molar-refractivity contribution in [1.82, 2.24) is 9.80 Å². The van der Waals surface area contributed by atoms with Crippen molar-refractivity contribution in [2.24, 2.45) is 5.92 Å². The largest absolute Gasteiger partial charge is 0.493 e. The van der Waals surface area contributed by atoms with Gasteiger partial charge in [0, 0.05) is 38.8 Å². The van der Waals surface area contributed by atoms with Crippen LogP contribution in [0.5, 0.6) is 17.2 Å². The van der Waals surface area contributed by atoms with Gasteiger partial charge in [0.2, 0.25) is 5.75 Å². The molecule has 1 saturated heterocycles. The second kappa shape index (κ2) is 8.96. The maximum absolute atomic E-state index is 5.48. The van der Waals surface area contributed by atoms with Crippen molar-refractivity contribution >= 4 is 0 Å². The summed E-state index contributed by atoms with van der Waals surface area (Å²) in [6.45, 7) is 7.95. The van der Waals surface area contributed by atoms with E-state index in [0.717, 1.165) is 43.1 Å². The summed E-state index contributed by atoms with van der Waals surface area (Å²) >= 11 is 0. The Morgan fingerprint density at radius 3 is 2.12 bits per heavy atom. The highest BCUT2D eigenvalue weighted by atomic mass is 16.5. The van der Waals surface area contributed by atoms with E-state index in [9.17, 15) is 0 Å². The van der Waals surface area contributed by atoms with Gasteiger partial charge in [-0.15, -0.1) is 0 Å². The highest BCUT2D eigenvalue weighted by Crippen LogP contribution is 2.38. The van der Waals surface area contributed by atoms with Crippen LogP contribution in [0.2, 0.25) is 0 Å². The summed E-state index contributed by atoms with van der Waals surface area (Å²) in [6, 6.07) is 4.94. The summed E-state index contributed by atoms with van der Waals surface area (Å²) in [7, 11) is 4.99. The van der Waals surface area contributed by atoms with Gasteiger partial charge in [0.1, 0.15) is 0 Å². The Hall–Kier alpha value is -1.46. The molecule has 0 N–H and O–H groups in total. The van der Waals surface area contributed by atoms with Crippen LogP contribution >= 0.6 is 0 Å². The molecule has 1 aromatic carbocycles. The number of ether oxygens (including phenoxy) is 3. The Kier molecular flexibility index (Phi) is 6.65. The summed E-state index contributed by atoms with van der Waals surface area (Å²) in [5.74, 6) is 3.02. The number of piperazine rings is 1. The molecule has 5 heteroatoms. The third-order valence-electron chi connectivity index (χ3n) is 5.96. The molecule has 0 amide bonds. The highest BCUT2D eigenvalue weighted by Gasteiger charge is 2.27. The lowest BCUT2D eigenvalue weighted by Gasteiger charge is -2.42. The van der Waals surface area contributed by atoms with Crippen molar-refractivity contribution in [3.63, 3.8) is 0 Å². The number of hydrogen-bond acceptors (Lipinski definition) is 5. The number of methoxy groups -OCH3 is 3. The molecule has 1 aliphatic heterocycles. The molecule has 3 rings (SSSR count). The minimum absolute atomic E-state index is 0.662. The van der Waals surface area contributed by atoms with Gasteiger partial charge in [-0.1, -0.05) is 19.8 Å². The monoisotopic (exact) mass is 362 g/mol. The van der Waals surface area contributed by atoms with E-state index >= 15 is 0 Å². The first-order valence-electron chi connectivity index (χ1n) is 9.90. The van der Waals surface area contributed by atoms with Gasteiger partial charge in [-0.05, 0) is 36.5 Å². The minimum atomic E-state index is 0.662. The molecular formula is C21H34N2O3. The summed E-state index contributed by atoms with van der Waals surface area (Å²) in [5, 5.41) is 0. The van der Waals surface area contributed by atoms with Crippen molar-refractivity contribution in [1.29, 1.82) is 0 Å². The zero-order valence-electron chi connectivity index (χ0n) is 16.8. The maximum Gasteiger partial charge on any atom is 0.203 e. The highest BCUT2D eigenvalue weighted by molar-refractivity contribution is 5.53. The average molecular weight is 363 g/mol. The number of benzene rings is 1. The van der Waals surface area contributed by atoms with E-state index in [1.165, 1.54) is 44.3 Å². The summed E-state index contributed by atoms with van der Waals surface area (Å²) in [6.07, 6.45) is 5.58. The molecule has 1 aliphatic carbocycles. The molecule has 0 unspecified atom stereocenters. The normalized spacial score (nSPS) is 25.1. The van der Waals surface area contributed by atoms with E-state index in [0.29, 0.717) is 5.75 Å². The second-order valence-corrected chi connectivity index (χ2v) is 7.77. The van der Waals surface area contributed by atoms with Gasteiger partial charge in [-0.25, -0.2) is 0 Å². The fraction of sp³-hybridized carbons (Fsp3) is 0.714. The molecule has 0 aromatic heterocycles. The molecule has 0 bridgehead atoms. The van der Waals surface area contributed by atoms with Gasteiger partial charge in [0.05, 0.1) is 21.3 Å². The van der Waals surface area contributed by atoms with E-state index in [1.807, 2.05) is 0 Å². The molecule has 0 spiro atoms.